The van der Waals surface area contributed by atoms with Gasteiger partial charge in [-0.1, -0.05) is 44.2 Å². The van der Waals surface area contributed by atoms with Gasteiger partial charge in [0.2, 0.25) is 5.91 Å². The lowest BCUT2D eigenvalue weighted by atomic mass is 10.0. The highest BCUT2D eigenvalue weighted by Crippen LogP contribution is 2.29. The molecule has 0 aliphatic heterocycles. The minimum Gasteiger partial charge on any atom is -0.351 e. The van der Waals surface area contributed by atoms with Crippen LogP contribution in [0.15, 0.2) is 41.8 Å². The highest BCUT2D eigenvalue weighted by atomic mass is 32.1. The topological polar surface area (TPSA) is 49.4 Å². The number of rotatable bonds is 8. The van der Waals surface area contributed by atoms with Gasteiger partial charge in [0.1, 0.15) is 0 Å². The van der Waals surface area contributed by atoms with Crippen molar-refractivity contribution >= 4 is 23.2 Å². The lowest BCUT2D eigenvalue weighted by Crippen LogP contribution is -2.35. The van der Waals surface area contributed by atoms with E-state index < -0.39 is 0 Å². The van der Waals surface area contributed by atoms with Crippen molar-refractivity contribution < 1.29 is 9.59 Å². The summed E-state index contributed by atoms with van der Waals surface area (Å²) in [4.78, 5) is 27.3. The van der Waals surface area contributed by atoms with Crippen LogP contribution in [0.2, 0.25) is 0 Å². The van der Waals surface area contributed by atoms with Crippen molar-refractivity contribution in [2.75, 3.05) is 6.54 Å². The number of benzene rings is 1. The van der Waals surface area contributed by atoms with Gasteiger partial charge in [-0.15, -0.1) is 11.3 Å². The molecule has 1 aromatic carbocycles. The number of carbonyl (C=O) groups is 2. The maximum absolute atomic E-state index is 12.6. The highest BCUT2D eigenvalue weighted by Gasteiger charge is 2.32. The molecule has 4 nitrogen and oxygen atoms in total. The first kappa shape index (κ1) is 18.6. The van der Waals surface area contributed by atoms with Crippen molar-refractivity contribution in [1.29, 1.82) is 0 Å². The fraction of sp³-hybridized carbons (Fsp3) is 0.429. The summed E-state index contributed by atoms with van der Waals surface area (Å²) in [7, 11) is 0. The van der Waals surface area contributed by atoms with Crippen molar-refractivity contribution in [2.45, 2.75) is 51.6 Å². The lowest BCUT2D eigenvalue weighted by molar-refractivity contribution is -0.132. The first-order valence-electron chi connectivity index (χ1n) is 9.24. The van der Waals surface area contributed by atoms with E-state index in [0.717, 1.165) is 18.4 Å². The molecule has 0 atom stereocenters. The fourth-order valence-corrected chi connectivity index (χ4v) is 3.57. The molecule has 1 aromatic heterocycles. The average molecular weight is 371 g/mol. The Morgan fingerprint density at radius 1 is 1.19 bits per heavy atom. The molecule has 5 heteroatoms. The molecule has 3 rings (SSSR count). The Morgan fingerprint density at radius 2 is 1.92 bits per heavy atom. The number of hydrogen-bond acceptors (Lipinski definition) is 3. The maximum Gasteiger partial charge on any atom is 0.261 e. The Balaban J connectivity index is 1.52. The summed E-state index contributed by atoms with van der Waals surface area (Å²) in [5, 5.41) is 4.71. The summed E-state index contributed by atoms with van der Waals surface area (Å²) in [6, 6.07) is 12.5. The summed E-state index contributed by atoms with van der Waals surface area (Å²) >= 11 is 1.41. The molecule has 2 amide bonds. The van der Waals surface area contributed by atoms with Gasteiger partial charge in [-0.3, -0.25) is 9.59 Å². The van der Waals surface area contributed by atoms with Crippen molar-refractivity contribution in [3.8, 4) is 0 Å². The average Bonchev–Trinajstić information content (AvgIpc) is 3.32. The molecular weight excluding hydrogens is 344 g/mol. The van der Waals surface area contributed by atoms with E-state index in [0.29, 0.717) is 36.3 Å². The van der Waals surface area contributed by atoms with E-state index in [1.165, 1.54) is 16.9 Å². The number of thiophene rings is 1. The van der Waals surface area contributed by atoms with E-state index in [-0.39, 0.29) is 11.8 Å². The van der Waals surface area contributed by atoms with Gasteiger partial charge in [0.05, 0.1) is 4.88 Å². The molecule has 0 unspecified atom stereocenters. The SMILES string of the molecule is CC(C)c1ccc(CN(C(=O)CCNC(=O)c2cccs2)C2CC2)cc1. The van der Waals surface area contributed by atoms with Crippen LogP contribution in [0.5, 0.6) is 0 Å². The molecule has 0 bridgehead atoms. The Hall–Kier alpha value is -2.14. The zero-order valence-corrected chi connectivity index (χ0v) is 16.2. The van der Waals surface area contributed by atoms with Crippen LogP contribution in [-0.2, 0) is 11.3 Å². The summed E-state index contributed by atoms with van der Waals surface area (Å²) in [6.07, 6.45) is 2.51. The Labute approximate surface area is 159 Å². The summed E-state index contributed by atoms with van der Waals surface area (Å²) in [5.41, 5.74) is 2.48. The standard InChI is InChI=1S/C21H26N2O2S/c1-15(2)17-7-5-16(6-8-17)14-23(18-9-10-18)20(24)11-12-22-21(25)19-4-3-13-26-19/h3-8,13,15,18H,9-12,14H2,1-2H3,(H,22,25). The molecule has 1 N–H and O–H groups in total. The number of carbonyl (C=O) groups excluding carboxylic acids is 2. The van der Waals surface area contributed by atoms with E-state index >= 15 is 0 Å². The van der Waals surface area contributed by atoms with Gasteiger partial charge in [-0.25, -0.2) is 0 Å². The third kappa shape index (κ3) is 4.94. The molecule has 1 saturated carbocycles. The van der Waals surface area contributed by atoms with Gasteiger partial charge in [-0.2, -0.15) is 0 Å². The molecule has 1 aliphatic carbocycles. The zero-order chi connectivity index (χ0) is 18.5. The number of nitrogens with one attached hydrogen (secondary N) is 1. The molecule has 26 heavy (non-hydrogen) atoms. The monoisotopic (exact) mass is 370 g/mol. The lowest BCUT2D eigenvalue weighted by Gasteiger charge is -2.23. The van der Waals surface area contributed by atoms with Crippen LogP contribution in [0, 0.1) is 0 Å². The molecule has 1 aliphatic rings. The van der Waals surface area contributed by atoms with Crippen LogP contribution in [0.25, 0.3) is 0 Å². The number of amides is 2. The molecular formula is C21H26N2O2S. The molecule has 1 fully saturated rings. The van der Waals surface area contributed by atoms with Crippen molar-refractivity contribution in [3.63, 3.8) is 0 Å². The maximum atomic E-state index is 12.6. The Bertz CT molecular complexity index is 734. The van der Waals surface area contributed by atoms with E-state index in [4.69, 9.17) is 0 Å². The van der Waals surface area contributed by atoms with Crippen LogP contribution >= 0.6 is 11.3 Å². The van der Waals surface area contributed by atoms with E-state index in [9.17, 15) is 9.59 Å². The molecule has 2 aromatic rings. The van der Waals surface area contributed by atoms with Crippen LogP contribution < -0.4 is 5.32 Å². The van der Waals surface area contributed by atoms with Gasteiger partial charge in [0.25, 0.3) is 5.91 Å². The molecule has 138 valence electrons. The normalized spacial score (nSPS) is 13.7. The van der Waals surface area contributed by atoms with Crippen molar-refractivity contribution in [1.82, 2.24) is 10.2 Å². The fourth-order valence-electron chi connectivity index (χ4n) is 2.93. The van der Waals surface area contributed by atoms with Crippen LogP contribution in [0.4, 0.5) is 0 Å². The zero-order valence-electron chi connectivity index (χ0n) is 15.4. The first-order valence-corrected chi connectivity index (χ1v) is 10.1. The summed E-state index contributed by atoms with van der Waals surface area (Å²) in [5.74, 6) is 0.527. The van der Waals surface area contributed by atoms with E-state index in [1.807, 2.05) is 16.3 Å². The summed E-state index contributed by atoms with van der Waals surface area (Å²) < 4.78 is 0. The van der Waals surface area contributed by atoms with E-state index in [1.54, 1.807) is 6.07 Å². The van der Waals surface area contributed by atoms with Crippen LogP contribution in [0.3, 0.4) is 0 Å². The van der Waals surface area contributed by atoms with Crippen LogP contribution in [0.1, 0.15) is 59.8 Å². The largest absolute Gasteiger partial charge is 0.351 e. The van der Waals surface area contributed by atoms with E-state index in [2.05, 4.69) is 43.4 Å². The minimum absolute atomic E-state index is 0.102. The third-order valence-electron chi connectivity index (χ3n) is 4.68. The van der Waals surface area contributed by atoms with Crippen molar-refractivity contribution in [2.24, 2.45) is 0 Å². The Kier molecular flexibility index (Phi) is 6.09. The first-order chi connectivity index (χ1) is 12.5. The second-order valence-electron chi connectivity index (χ2n) is 7.13. The minimum atomic E-state index is -0.102. The molecule has 1 heterocycles. The molecule has 0 radical (unpaired) electrons. The van der Waals surface area contributed by atoms with Crippen LogP contribution in [-0.4, -0.2) is 29.3 Å². The smallest absolute Gasteiger partial charge is 0.261 e. The number of hydrogen-bond donors (Lipinski definition) is 1. The second-order valence-corrected chi connectivity index (χ2v) is 8.08. The third-order valence-corrected chi connectivity index (χ3v) is 5.55. The predicted octanol–water partition coefficient (Wildman–Crippen LogP) is 4.18. The van der Waals surface area contributed by atoms with Gasteiger partial charge in [0, 0.05) is 25.6 Å². The Morgan fingerprint density at radius 3 is 2.50 bits per heavy atom. The summed E-state index contributed by atoms with van der Waals surface area (Å²) in [6.45, 7) is 5.39. The predicted molar refractivity (Wildman–Crippen MR) is 105 cm³/mol. The van der Waals surface area contributed by atoms with Crippen molar-refractivity contribution in [3.05, 3.63) is 57.8 Å². The van der Waals surface area contributed by atoms with Gasteiger partial charge < -0.3 is 10.2 Å². The molecule has 0 spiro atoms. The van der Waals surface area contributed by atoms with Gasteiger partial charge in [-0.05, 0) is 41.3 Å². The number of nitrogens with zero attached hydrogens (tertiary/aromatic N) is 1. The second kappa shape index (κ2) is 8.49. The quantitative estimate of drug-likeness (QED) is 0.758. The van der Waals surface area contributed by atoms with Gasteiger partial charge >= 0.3 is 0 Å². The molecule has 0 saturated heterocycles. The van der Waals surface area contributed by atoms with Gasteiger partial charge in [0.15, 0.2) is 0 Å². The highest BCUT2D eigenvalue weighted by molar-refractivity contribution is 7.12.